The van der Waals surface area contributed by atoms with Crippen molar-refractivity contribution in [1.29, 1.82) is 0 Å². The molecule has 3 aromatic heterocycles. The van der Waals surface area contributed by atoms with Crippen molar-refractivity contribution >= 4 is 45.3 Å². The van der Waals surface area contributed by atoms with Crippen molar-refractivity contribution in [2.24, 2.45) is 5.10 Å². The summed E-state index contributed by atoms with van der Waals surface area (Å²) >= 11 is 7.52. The van der Waals surface area contributed by atoms with Gasteiger partial charge < -0.3 is 9.52 Å². The molecule has 0 saturated carbocycles. The van der Waals surface area contributed by atoms with E-state index in [9.17, 15) is 14.7 Å². The van der Waals surface area contributed by atoms with Gasteiger partial charge in [-0.15, -0.1) is 11.3 Å². The number of aromatic carboxylic acids is 1. The molecule has 0 radical (unpaired) electrons. The molecule has 1 N–H and O–H groups in total. The first-order chi connectivity index (χ1) is 15.0. The lowest BCUT2D eigenvalue weighted by molar-refractivity contribution is 0.0697. The summed E-state index contributed by atoms with van der Waals surface area (Å²) in [6.45, 7) is 0. The predicted octanol–water partition coefficient (Wildman–Crippen LogP) is 4.83. The van der Waals surface area contributed by atoms with Crippen molar-refractivity contribution < 1.29 is 14.3 Å². The van der Waals surface area contributed by atoms with Gasteiger partial charge >= 0.3 is 5.97 Å². The van der Waals surface area contributed by atoms with Gasteiger partial charge in [0, 0.05) is 10.4 Å². The molecule has 0 spiro atoms. The maximum absolute atomic E-state index is 13.0. The van der Waals surface area contributed by atoms with Crippen molar-refractivity contribution in [3.63, 3.8) is 0 Å². The molecule has 0 aliphatic heterocycles. The Balaban J connectivity index is 1.46. The first-order valence-electron chi connectivity index (χ1n) is 9.70. The minimum absolute atomic E-state index is 0.00388. The summed E-state index contributed by atoms with van der Waals surface area (Å²) in [5, 5.41) is 14.3. The Morgan fingerprint density at radius 2 is 2.10 bits per heavy atom. The van der Waals surface area contributed by atoms with Crippen LogP contribution in [0.3, 0.4) is 0 Å². The Morgan fingerprint density at radius 3 is 2.94 bits per heavy atom. The predicted molar refractivity (Wildman–Crippen MR) is 120 cm³/mol. The first kappa shape index (κ1) is 19.7. The van der Waals surface area contributed by atoms with Crippen LogP contribution in [0.15, 0.2) is 51.0 Å². The fourth-order valence-electron chi connectivity index (χ4n) is 3.76. The molecule has 9 heteroatoms. The summed E-state index contributed by atoms with van der Waals surface area (Å²) in [4.78, 5) is 30.7. The number of rotatable bonds is 4. The highest BCUT2D eigenvalue weighted by molar-refractivity contribution is 7.18. The number of halogens is 1. The number of carboxylic acid groups (broad SMARTS) is 1. The van der Waals surface area contributed by atoms with Gasteiger partial charge in [-0.2, -0.15) is 9.78 Å². The number of carboxylic acids is 1. The summed E-state index contributed by atoms with van der Waals surface area (Å²) in [5.41, 5.74) is 1.50. The van der Waals surface area contributed by atoms with Crippen LogP contribution in [0.2, 0.25) is 5.02 Å². The Morgan fingerprint density at radius 1 is 1.26 bits per heavy atom. The summed E-state index contributed by atoms with van der Waals surface area (Å²) in [5.74, 6) is -0.229. The average molecular weight is 454 g/mol. The monoisotopic (exact) mass is 453 g/mol. The van der Waals surface area contributed by atoms with Crippen LogP contribution in [0, 0.1) is 0 Å². The Kier molecular flexibility index (Phi) is 4.95. The average Bonchev–Trinajstić information content (AvgIpc) is 3.38. The van der Waals surface area contributed by atoms with E-state index in [0.29, 0.717) is 22.5 Å². The molecule has 0 fully saturated rings. The van der Waals surface area contributed by atoms with Crippen LogP contribution >= 0.6 is 22.9 Å². The molecule has 0 amide bonds. The fourth-order valence-corrected chi connectivity index (χ4v) is 5.18. The third kappa shape index (κ3) is 3.58. The lowest BCUT2D eigenvalue weighted by atomic mass is 9.97. The topological polar surface area (TPSA) is 97.7 Å². The number of aryl methyl sites for hydroxylation is 2. The molecule has 7 nitrogen and oxygen atoms in total. The molecule has 0 saturated heterocycles. The van der Waals surface area contributed by atoms with Crippen molar-refractivity contribution in [2.75, 3.05) is 0 Å². The second-order valence-electron chi connectivity index (χ2n) is 7.23. The van der Waals surface area contributed by atoms with E-state index in [0.717, 1.165) is 36.1 Å². The number of carbonyl (C=O) groups is 1. The van der Waals surface area contributed by atoms with Gasteiger partial charge in [0.05, 0.1) is 22.2 Å². The molecule has 4 aromatic rings. The highest BCUT2D eigenvalue weighted by Crippen LogP contribution is 2.33. The van der Waals surface area contributed by atoms with Gasteiger partial charge in [0.25, 0.3) is 5.56 Å². The molecule has 3 heterocycles. The minimum atomic E-state index is -1.11. The zero-order valence-electron chi connectivity index (χ0n) is 16.2. The van der Waals surface area contributed by atoms with Crippen molar-refractivity contribution in [1.82, 2.24) is 9.66 Å². The number of nitrogens with zero attached hydrogens (tertiary/aromatic N) is 3. The fraction of sp³-hybridized carbons (Fsp3) is 0.182. The lowest BCUT2D eigenvalue weighted by Gasteiger charge is -2.09. The van der Waals surface area contributed by atoms with Gasteiger partial charge in [-0.1, -0.05) is 11.6 Å². The number of hydrogen-bond acceptors (Lipinski definition) is 6. The number of aromatic nitrogens is 2. The summed E-state index contributed by atoms with van der Waals surface area (Å²) < 4.78 is 6.97. The van der Waals surface area contributed by atoms with Crippen LogP contribution in [-0.2, 0) is 12.8 Å². The highest BCUT2D eigenvalue weighted by atomic mass is 35.5. The van der Waals surface area contributed by atoms with Crippen molar-refractivity contribution in [3.05, 3.63) is 73.8 Å². The zero-order chi connectivity index (χ0) is 21.5. The van der Waals surface area contributed by atoms with E-state index in [4.69, 9.17) is 16.0 Å². The normalized spacial score (nSPS) is 13.7. The number of fused-ring (bicyclic) bond motifs is 3. The van der Waals surface area contributed by atoms with Gasteiger partial charge in [-0.25, -0.2) is 9.78 Å². The smallest absolute Gasteiger partial charge is 0.337 e. The standard InChI is InChI=1S/C22H16ClN3O4S/c23-16-7-5-12(9-15(16)22(28)29)17-8-6-13(30-17)10-25-26-11-24-20-19(21(26)27)14-3-1-2-4-18(14)31-20/h5-11H,1-4H2,(H,28,29)/b25-10-. The lowest BCUT2D eigenvalue weighted by Crippen LogP contribution is -2.17. The number of furan rings is 1. The van der Waals surface area contributed by atoms with Gasteiger partial charge in [0.1, 0.15) is 22.7 Å². The summed E-state index contributed by atoms with van der Waals surface area (Å²) in [6, 6.07) is 8.04. The Hall–Kier alpha value is -3.23. The van der Waals surface area contributed by atoms with Crippen LogP contribution in [0.25, 0.3) is 21.5 Å². The minimum Gasteiger partial charge on any atom is -0.478 e. The molecule has 0 unspecified atom stereocenters. The largest absolute Gasteiger partial charge is 0.478 e. The third-order valence-electron chi connectivity index (χ3n) is 5.28. The van der Waals surface area contributed by atoms with E-state index in [1.165, 1.54) is 34.2 Å². The van der Waals surface area contributed by atoms with Gasteiger partial charge in [0.15, 0.2) is 0 Å². The van der Waals surface area contributed by atoms with Crippen molar-refractivity contribution in [3.8, 4) is 11.3 Å². The summed E-state index contributed by atoms with van der Waals surface area (Å²) in [7, 11) is 0. The van der Waals surface area contributed by atoms with E-state index in [-0.39, 0.29) is 16.1 Å². The van der Waals surface area contributed by atoms with Crippen LogP contribution in [0.4, 0.5) is 0 Å². The van der Waals surface area contributed by atoms with E-state index in [2.05, 4.69) is 10.1 Å². The molecule has 0 bridgehead atoms. The van der Waals surface area contributed by atoms with Crippen LogP contribution < -0.4 is 5.56 Å². The van der Waals surface area contributed by atoms with Gasteiger partial charge in [-0.05, 0) is 61.6 Å². The zero-order valence-corrected chi connectivity index (χ0v) is 17.7. The van der Waals surface area contributed by atoms with Crippen LogP contribution in [0.1, 0.15) is 39.4 Å². The van der Waals surface area contributed by atoms with E-state index in [1.54, 1.807) is 29.5 Å². The summed E-state index contributed by atoms with van der Waals surface area (Å²) in [6.07, 6.45) is 6.99. The maximum Gasteiger partial charge on any atom is 0.337 e. The van der Waals surface area contributed by atoms with E-state index < -0.39 is 5.97 Å². The number of benzene rings is 1. The molecular formula is C22H16ClN3O4S. The first-order valence-corrected chi connectivity index (χ1v) is 10.9. The second kappa shape index (κ2) is 7.79. The molecule has 1 aliphatic carbocycles. The van der Waals surface area contributed by atoms with Crippen LogP contribution in [0.5, 0.6) is 0 Å². The van der Waals surface area contributed by atoms with Crippen molar-refractivity contribution in [2.45, 2.75) is 25.7 Å². The highest BCUT2D eigenvalue weighted by Gasteiger charge is 2.20. The molecule has 156 valence electrons. The second-order valence-corrected chi connectivity index (χ2v) is 8.72. The molecule has 1 aliphatic rings. The number of hydrogen-bond donors (Lipinski definition) is 1. The SMILES string of the molecule is O=C(O)c1cc(-c2ccc(/C=N\n3cnc4sc5c(c4c3=O)CCCC5)o2)ccc1Cl. The van der Waals surface area contributed by atoms with Gasteiger partial charge in [0.2, 0.25) is 0 Å². The maximum atomic E-state index is 13.0. The van der Waals surface area contributed by atoms with E-state index >= 15 is 0 Å². The van der Waals surface area contributed by atoms with Crippen LogP contribution in [-0.4, -0.2) is 27.0 Å². The molecule has 31 heavy (non-hydrogen) atoms. The van der Waals surface area contributed by atoms with Gasteiger partial charge in [-0.3, -0.25) is 4.79 Å². The third-order valence-corrected chi connectivity index (χ3v) is 6.81. The Labute approximate surface area is 185 Å². The van der Waals surface area contributed by atoms with E-state index in [1.807, 2.05) is 0 Å². The number of thiophene rings is 1. The molecule has 0 atom stereocenters. The quantitative estimate of drug-likeness (QED) is 0.446. The molecule has 1 aromatic carbocycles. The Bertz CT molecular complexity index is 1420. The molecule has 5 rings (SSSR count). The molecular weight excluding hydrogens is 438 g/mol.